The van der Waals surface area contributed by atoms with Crippen molar-refractivity contribution in [3.8, 4) is 5.75 Å². The van der Waals surface area contributed by atoms with E-state index in [0.29, 0.717) is 23.7 Å². The largest absolute Gasteiger partial charge is 0.496 e. The maximum atomic E-state index is 12.5. The Labute approximate surface area is 191 Å². The quantitative estimate of drug-likeness (QED) is 0.436. The Kier molecular flexibility index (Phi) is 6.23. The van der Waals surface area contributed by atoms with Crippen LogP contribution in [0.1, 0.15) is 27.5 Å². The topological polar surface area (TPSA) is 136 Å². The molecule has 1 aliphatic heterocycles. The molecule has 1 aliphatic rings. The number of amides is 2. The van der Waals surface area contributed by atoms with Crippen molar-refractivity contribution in [1.82, 2.24) is 15.7 Å². The second kappa shape index (κ2) is 9.41. The first-order valence-corrected chi connectivity index (χ1v) is 10.3. The molecule has 0 fully saturated rings. The average molecular weight is 444 g/mol. The Bertz CT molecular complexity index is 1190. The molecule has 0 radical (unpaired) electrons. The first-order chi connectivity index (χ1) is 16.0. The number of nitrogens with one attached hydrogen (secondary N) is 2. The van der Waals surface area contributed by atoms with E-state index >= 15 is 0 Å². The minimum Gasteiger partial charge on any atom is -0.496 e. The van der Waals surface area contributed by atoms with Crippen LogP contribution in [0.2, 0.25) is 0 Å². The summed E-state index contributed by atoms with van der Waals surface area (Å²) in [5.74, 6) is 0.424. The molecule has 0 bridgehead atoms. The fraction of sp³-hybridized carbons (Fsp3) is 0.125. The van der Waals surface area contributed by atoms with Gasteiger partial charge in [0.25, 0.3) is 5.91 Å². The SMILES string of the molecule is COc1ccccc1C(=O)NCc1ccc(C2NN(c3ccccn3)C(N)=C2C(N)=O)cc1. The fourth-order valence-electron chi connectivity index (χ4n) is 3.65. The highest BCUT2D eigenvalue weighted by Gasteiger charge is 2.35. The van der Waals surface area contributed by atoms with Crippen molar-refractivity contribution in [3.63, 3.8) is 0 Å². The van der Waals surface area contributed by atoms with Gasteiger partial charge >= 0.3 is 0 Å². The zero-order valence-corrected chi connectivity index (χ0v) is 18.0. The molecule has 4 rings (SSSR count). The Balaban J connectivity index is 1.48. The molecule has 33 heavy (non-hydrogen) atoms. The maximum Gasteiger partial charge on any atom is 0.255 e. The number of ether oxygens (including phenoxy) is 1. The van der Waals surface area contributed by atoms with Gasteiger partial charge < -0.3 is 21.5 Å². The second-order valence-corrected chi connectivity index (χ2v) is 7.37. The van der Waals surface area contributed by atoms with Crippen LogP contribution in [0, 0.1) is 0 Å². The standard InChI is InChI=1S/C24H24N6O3/c1-33-18-7-3-2-6-17(18)24(32)28-14-15-9-11-16(12-10-15)21-20(23(26)31)22(25)30(29-21)19-8-4-5-13-27-19/h2-13,21,29H,14,25H2,1H3,(H2,26,31)(H,28,32). The Morgan fingerprint density at radius 1 is 1.09 bits per heavy atom. The molecule has 9 nitrogen and oxygen atoms in total. The van der Waals surface area contributed by atoms with Crippen LogP contribution in [0.15, 0.2) is 84.3 Å². The molecular formula is C24H24N6O3. The molecule has 0 saturated carbocycles. The number of methoxy groups -OCH3 is 1. The molecular weight excluding hydrogens is 420 g/mol. The van der Waals surface area contributed by atoms with Gasteiger partial charge in [0, 0.05) is 12.7 Å². The summed E-state index contributed by atoms with van der Waals surface area (Å²) in [7, 11) is 1.53. The van der Waals surface area contributed by atoms with Gasteiger partial charge in [-0.3, -0.25) is 9.59 Å². The van der Waals surface area contributed by atoms with Crippen molar-refractivity contribution in [2.45, 2.75) is 12.6 Å². The van der Waals surface area contributed by atoms with Crippen LogP contribution in [-0.2, 0) is 11.3 Å². The lowest BCUT2D eigenvalue weighted by atomic mass is 9.98. The number of hydrazine groups is 1. The van der Waals surface area contributed by atoms with Crippen molar-refractivity contribution in [1.29, 1.82) is 0 Å². The van der Waals surface area contributed by atoms with Crippen LogP contribution in [0.25, 0.3) is 0 Å². The van der Waals surface area contributed by atoms with E-state index in [1.807, 2.05) is 36.4 Å². The third-order valence-electron chi connectivity index (χ3n) is 5.33. The van der Waals surface area contributed by atoms with Gasteiger partial charge in [0.15, 0.2) is 0 Å². The number of carbonyl (C=O) groups is 2. The van der Waals surface area contributed by atoms with Crippen molar-refractivity contribution in [2.75, 3.05) is 12.1 Å². The summed E-state index contributed by atoms with van der Waals surface area (Å²) in [6.45, 7) is 0.329. The summed E-state index contributed by atoms with van der Waals surface area (Å²) in [6.07, 6.45) is 1.63. The van der Waals surface area contributed by atoms with Crippen molar-refractivity contribution < 1.29 is 14.3 Å². The summed E-state index contributed by atoms with van der Waals surface area (Å²) < 4.78 is 5.24. The predicted octanol–water partition coefficient (Wildman–Crippen LogP) is 1.74. The van der Waals surface area contributed by atoms with E-state index in [4.69, 9.17) is 16.2 Å². The number of carbonyl (C=O) groups excluding carboxylic acids is 2. The minimum absolute atomic E-state index is 0.208. The summed E-state index contributed by atoms with van der Waals surface area (Å²) in [4.78, 5) is 28.9. The van der Waals surface area contributed by atoms with Gasteiger partial charge in [-0.15, -0.1) is 0 Å². The van der Waals surface area contributed by atoms with Crippen molar-refractivity contribution in [3.05, 3.63) is 101 Å². The van der Waals surface area contributed by atoms with Gasteiger partial charge in [-0.1, -0.05) is 42.5 Å². The van der Waals surface area contributed by atoms with Crippen LogP contribution in [-0.4, -0.2) is 23.9 Å². The third kappa shape index (κ3) is 4.48. The maximum absolute atomic E-state index is 12.5. The van der Waals surface area contributed by atoms with E-state index in [1.165, 1.54) is 7.11 Å². The highest BCUT2D eigenvalue weighted by atomic mass is 16.5. The van der Waals surface area contributed by atoms with Crippen molar-refractivity contribution in [2.24, 2.45) is 11.5 Å². The number of nitrogens with two attached hydrogens (primary N) is 2. The van der Waals surface area contributed by atoms with Crippen LogP contribution in [0.4, 0.5) is 5.82 Å². The number of pyridine rings is 1. The predicted molar refractivity (Wildman–Crippen MR) is 124 cm³/mol. The molecule has 0 aliphatic carbocycles. The zero-order valence-electron chi connectivity index (χ0n) is 18.0. The smallest absolute Gasteiger partial charge is 0.255 e. The van der Waals surface area contributed by atoms with E-state index in [-0.39, 0.29) is 17.3 Å². The molecule has 1 unspecified atom stereocenters. The lowest BCUT2D eigenvalue weighted by Gasteiger charge is -2.20. The minimum atomic E-state index is -0.614. The highest BCUT2D eigenvalue weighted by Crippen LogP contribution is 2.32. The molecule has 6 N–H and O–H groups in total. The van der Waals surface area contributed by atoms with Gasteiger partial charge in [0.05, 0.1) is 24.3 Å². The van der Waals surface area contributed by atoms with Gasteiger partial charge in [0.2, 0.25) is 5.91 Å². The summed E-state index contributed by atoms with van der Waals surface area (Å²) in [6, 6.07) is 19.4. The van der Waals surface area contributed by atoms with E-state index in [9.17, 15) is 9.59 Å². The number of hydrogen-bond donors (Lipinski definition) is 4. The normalized spacial score (nSPS) is 15.4. The molecule has 9 heteroatoms. The second-order valence-electron chi connectivity index (χ2n) is 7.37. The van der Waals surface area contributed by atoms with Gasteiger partial charge in [-0.05, 0) is 35.4 Å². The monoisotopic (exact) mass is 444 g/mol. The number of rotatable bonds is 7. The number of nitrogens with zero attached hydrogens (tertiary/aromatic N) is 2. The van der Waals surface area contributed by atoms with Crippen molar-refractivity contribution >= 4 is 17.6 Å². The fourth-order valence-corrected chi connectivity index (χ4v) is 3.65. The Morgan fingerprint density at radius 3 is 2.48 bits per heavy atom. The number of benzene rings is 2. The van der Waals surface area contributed by atoms with E-state index < -0.39 is 11.9 Å². The highest BCUT2D eigenvalue weighted by molar-refractivity contribution is 5.97. The average Bonchev–Trinajstić information content (AvgIpc) is 3.20. The van der Waals surface area contributed by atoms with Crippen LogP contribution < -0.4 is 32.0 Å². The summed E-state index contributed by atoms with van der Waals surface area (Å²) in [5, 5.41) is 4.43. The van der Waals surface area contributed by atoms with Crippen LogP contribution >= 0.6 is 0 Å². The van der Waals surface area contributed by atoms with Gasteiger partial charge in [-0.25, -0.2) is 15.4 Å². The van der Waals surface area contributed by atoms with Crippen LogP contribution in [0.5, 0.6) is 5.75 Å². The number of primary amides is 1. The zero-order chi connectivity index (χ0) is 23.4. The van der Waals surface area contributed by atoms with E-state index in [2.05, 4.69) is 15.7 Å². The number of anilines is 1. The molecule has 168 valence electrons. The number of para-hydroxylation sites is 1. The Morgan fingerprint density at radius 2 is 1.82 bits per heavy atom. The third-order valence-corrected chi connectivity index (χ3v) is 5.33. The molecule has 1 aromatic heterocycles. The van der Waals surface area contributed by atoms with E-state index in [0.717, 1.165) is 11.1 Å². The number of aromatic nitrogens is 1. The van der Waals surface area contributed by atoms with Crippen LogP contribution in [0.3, 0.4) is 0 Å². The first kappa shape index (κ1) is 21.8. The summed E-state index contributed by atoms with van der Waals surface area (Å²) in [5.41, 5.74) is 17.5. The molecule has 2 amide bonds. The lowest BCUT2D eigenvalue weighted by molar-refractivity contribution is -0.114. The Hall–Kier alpha value is -4.37. The first-order valence-electron chi connectivity index (χ1n) is 10.3. The molecule has 3 aromatic rings. The summed E-state index contributed by atoms with van der Waals surface area (Å²) >= 11 is 0. The molecule has 0 saturated heterocycles. The molecule has 2 aromatic carbocycles. The number of hydrogen-bond acceptors (Lipinski definition) is 7. The molecule has 0 spiro atoms. The van der Waals surface area contributed by atoms with Gasteiger partial charge in [0.1, 0.15) is 17.4 Å². The molecule has 2 heterocycles. The van der Waals surface area contributed by atoms with E-state index in [1.54, 1.807) is 41.5 Å². The molecule has 1 atom stereocenters. The van der Waals surface area contributed by atoms with Gasteiger partial charge in [-0.2, -0.15) is 0 Å². The lowest BCUT2D eigenvalue weighted by Crippen LogP contribution is -2.36.